The van der Waals surface area contributed by atoms with Crippen LogP contribution in [0.1, 0.15) is 52.9 Å². The lowest BCUT2D eigenvalue weighted by Gasteiger charge is -2.28. The van der Waals surface area contributed by atoms with Gasteiger partial charge in [0.25, 0.3) is 0 Å². The van der Waals surface area contributed by atoms with E-state index in [0.29, 0.717) is 6.42 Å². The molecule has 0 saturated carbocycles. The zero-order chi connectivity index (χ0) is 12.9. The first-order valence-corrected chi connectivity index (χ1v) is 6.37. The summed E-state index contributed by atoms with van der Waals surface area (Å²) in [6, 6.07) is 0.254. The first-order valence-electron chi connectivity index (χ1n) is 6.37. The van der Waals surface area contributed by atoms with E-state index in [1.54, 1.807) is 0 Å². The molecule has 4 heteroatoms. The number of hydrogen-bond donors (Lipinski definition) is 0. The number of aldehydes is 1. The van der Waals surface area contributed by atoms with E-state index in [4.69, 9.17) is 4.74 Å². The average Bonchev–Trinajstić information content (AvgIpc) is 2.64. The molecule has 1 fully saturated rings. The first-order chi connectivity index (χ1) is 7.94. The maximum atomic E-state index is 11.9. The fourth-order valence-electron chi connectivity index (χ4n) is 2.13. The summed E-state index contributed by atoms with van der Waals surface area (Å²) in [5, 5.41) is 0. The van der Waals surface area contributed by atoms with Gasteiger partial charge < -0.3 is 14.4 Å². The van der Waals surface area contributed by atoms with E-state index in [2.05, 4.69) is 0 Å². The van der Waals surface area contributed by atoms with Crippen molar-refractivity contribution in [2.45, 2.75) is 64.5 Å². The van der Waals surface area contributed by atoms with Gasteiger partial charge in [0.1, 0.15) is 11.9 Å². The molecule has 0 N–H and O–H groups in total. The maximum absolute atomic E-state index is 11.9. The first kappa shape index (κ1) is 14.0. The molecule has 1 aliphatic rings. The molecule has 0 aliphatic carbocycles. The van der Waals surface area contributed by atoms with Crippen molar-refractivity contribution in [2.75, 3.05) is 6.54 Å². The number of unbranched alkanes of at least 4 members (excludes halogenated alkanes) is 1. The van der Waals surface area contributed by atoms with Crippen LogP contribution in [0.5, 0.6) is 0 Å². The van der Waals surface area contributed by atoms with Crippen molar-refractivity contribution in [3.63, 3.8) is 0 Å². The van der Waals surface area contributed by atoms with Crippen LogP contribution in [-0.2, 0) is 9.53 Å². The number of ether oxygens (including phenoxy) is 1. The number of likely N-dealkylation sites (tertiary alicyclic amines) is 1. The van der Waals surface area contributed by atoms with E-state index in [9.17, 15) is 9.59 Å². The van der Waals surface area contributed by atoms with E-state index < -0.39 is 5.60 Å². The lowest BCUT2D eigenvalue weighted by atomic mass is 10.1. The Morgan fingerprint density at radius 2 is 2.18 bits per heavy atom. The minimum absolute atomic E-state index is 0.217. The van der Waals surface area contributed by atoms with E-state index in [1.807, 2.05) is 25.7 Å². The second-order valence-electron chi connectivity index (χ2n) is 5.57. The Morgan fingerprint density at radius 3 is 2.76 bits per heavy atom. The SMILES string of the molecule is CC(C)(C)OC(=O)N1CCC[C@@H]1CCCC=O. The van der Waals surface area contributed by atoms with Gasteiger partial charge in [-0.3, -0.25) is 0 Å². The lowest BCUT2D eigenvalue weighted by Crippen LogP contribution is -2.39. The van der Waals surface area contributed by atoms with Crippen LogP contribution in [0.2, 0.25) is 0 Å². The smallest absolute Gasteiger partial charge is 0.410 e. The molecule has 0 aromatic rings. The number of hydrogen-bond acceptors (Lipinski definition) is 3. The molecule has 1 saturated heterocycles. The van der Waals surface area contributed by atoms with Crippen LogP contribution in [0, 0.1) is 0 Å². The molecular weight excluding hydrogens is 218 g/mol. The van der Waals surface area contributed by atoms with Crippen LogP contribution < -0.4 is 0 Å². The summed E-state index contributed by atoms with van der Waals surface area (Å²) in [4.78, 5) is 24.0. The minimum Gasteiger partial charge on any atom is -0.444 e. The molecule has 1 heterocycles. The van der Waals surface area contributed by atoms with Crippen LogP contribution in [-0.4, -0.2) is 35.5 Å². The third kappa shape index (κ3) is 4.75. The Hall–Kier alpha value is -1.06. The summed E-state index contributed by atoms with van der Waals surface area (Å²) >= 11 is 0. The van der Waals surface area contributed by atoms with Gasteiger partial charge in [-0.25, -0.2) is 4.79 Å². The number of nitrogens with zero attached hydrogens (tertiary/aromatic N) is 1. The number of amides is 1. The third-order valence-corrected chi connectivity index (χ3v) is 2.86. The largest absolute Gasteiger partial charge is 0.444 e. The van der Waals surface area contributed by atoms with Crippen molar-refractivity contribution >= 4 is 12.4 Å². The van der Waals surface area contributed by atoms with Gasteiger partial charge >= 0.3 is 6.09 Å². The van der Waals surface area contributed by atoms with Gasteiger partial charge in [-0.15, -0.1) is 0 Å². The zero-order valence-corrected chi connectivity index (χ0v) is 11.1. The fourth-order valence-corrected chi connectivity index (χ4v) is 2.13. The summed E-state index contributed by atoms with van der Waals surface area (Å²) in [6.07, 6.45) is 5.12. The molecule has 0 unspecified atom stereocenters. The molecule has 0 bridgehead atoms. The molecule has 1 rings (SSSR count). The van der Waals surface area contributed by atoms with E-state index in [1.165, 1.54) is 0 Å². The summed E-state index contributed by atoms with van der Waals surface area (Å²) < 4.78 is 5.38. The van der Waals surface area contributed by atoms with Gasteiger partial charge in [0.15, 0.2) is 0 Å². The van der Waals surface area contributed by atoms with Crippen molar-refractivity contribution in [3.8, 4) is 0 Å². The number of rotatable bonds is 4. The normalized spacial score (nSPS) is 20.4. The summed E-state index contributed by atoms with van der Waals surface area (Å²) in [7, 11) is 0. The molecule has 0 radical (unpaired) electrons. The van der Waals surface area contributed by atoms with Gasteiger partial charge in [-0.1, -0.05) is 0 Å². The monoisotopic (exact) mass is 241 g/mol. The summed E-state index contributed by atoms with van der Waals surface area (Å²) in [5.74, 6) is 0. The Kier molecular flexibility index (Phi) is 4.97. The van der Waals surface area contributed by atoms with Gasteiger partial charge in [-0.05, 0) is 46.5 Å². The topological polar surface area (TPSA) is 46.6 Å². The second kappa shape index (κ2) is 6.03. The predicted octanol–water partition coefficient (Wildman–Crippen LogP) is 2.76. The zero-order valence-electron chi connectivity index (χ0n) is 11.1. The standard InChI is InChI=1S/C13H23NO3/c1-13(2,3)17-12(16)14-9-6-8-11(14)7-4-5-10-15/h10-11H,4-9H2,1-3H3/t11-/m0/s1. The van der Waals surface area contributed by atoms with E-state index >= 15 is 0 Å². The Morgan fingerprint density at radius 1 is 1.47 bits per heavy atom. The summed E-state index contributed by atoms with van der Waals surface area (Å²) in [6.45, 7) is 6.41. The van der Waals surface area contributed by atoms with E-state index in [0.717, 1.165) is 38.5 Å². The lowest BCUT2D eigenvalue weighted by molar-refractivity contribution is -0.107. The van der Waals surface area contributed by atoms with Crippen molar-refractivity contribution in [1.82, 2.24) is 4.90 Å². The van der Waals surface area contributed by atoms with Crippen LogP contribution in [0.4, 0.5) is 4.79 Å². The van der Waals surface area contributed by atoms with Crippen molar-refractivity contribution < 1.29 is 14.3 Å². The van der Waals surface area contributed by atoms with Gasteiger partial charge in [0, 0.05) is 19.0 Å². The van der Waals surface area contributed by atoms with Gasteiger partial charge in [0.2, 0.25) is 0 Å². The molecule has 0 spiro atoms. The number of carbonyl (C=O) groups excluding carboxylic acids is 2. The van der Waals surface area contributed by atoms with Crippen molar-refractivity contribution in [3.05, 3.63) is 0 Å². The third-order valence-electron chi connectivity index (χ3n) is 2.86. The van der Waals surface area contributed by atoms with Gasteiger partial charge in [-0.2, -0.15) is 0 Å². The fraction of sp³-hybridized carbons (Fsp3) is 0.846. The van der Waals surface area contributed by atoms with Crippen LogP contribution in [0.3, 0.4) is 0 Å². The maximum Gasteiger partial charge on any atom is 0.410 e. The second-order valence-corrected chi connectivity index (χ2v) is 5.57. The highest BCUT2D eigenvalue weighted by Crippen LogP contribution is 2.24. The molecule has 98 valence electrons. The van der Waals surface area contributed by atoms with Crippen LogP contribution in [0.25, 0.3) is 0 Å². The molecule has 0 aromatic heterocycles. The minimum atomic E-state index is -0.437. The Labute approximate surface area is 103 Å². The number of carbonyl (C=O) groups is 2. The molecule has 4 nitrogen and oxygen atoms in total. The van der Waals surface area contributed by atoms with Crippen molar-refractivity contribution in [1.29, 1.82) is 0 Å². The van der Waals surface area contributed by atoms with Crippen LogP contribution >= 0.6 is 0 Å². The quantitative estimate of drug-likeness (QED) is 0.561. The molecule has 17 heavy (non-hydrogen) atoms. The highest BCUT2D eigenvalue weighted by Gasteiger charge is 2.31. The van der Waals surface area contributed by atoms with Crippen LogP contribution in [0.15, 0.2) is 0 Å². The molecule has 0 aromatic carbocycles. The molecule has 1 aliphatic heterocycles. The highest BCUT2D eigenvalue weighted by atomic mass is 16.6. The Balaban J connectivity index is 2.45. The summed E-state index contributed by atoms with van der Waals surface area (Å²) in [5.41, 5.74) is -0.437. The molecule has 1 amide bonds. The van der Waals surface area contributed by atoms with Gasteiger partial charge in [0.05, 0.1) is 0 Å². The molecular formula is C13H23NO3. The van der Waals surface area contributed by atoms with E-state index in [-0.39, 0.29) is 12.1 Å². The Bertz CT molecular complexity index is 270. The van der Waals surface area contributed by atoms with Crippen molar-refractivity contribution in [2.24, 2.45) is 0 Å². The average molecular weight is 241 g/mol. The predicted molar refractivity (Wildman–Crippen MR) is 65.9 cm³/mol. The highest BCUT2D eigenvalue weighted by molar-refractivity contribution is 5.68. The molecule has 1 atom stereocenters.